The number of aryl methyl sites for hydroxylation is 2. The summed E-state index contributed by atoms with van der Waals surface area (Å²) >= 11 is 0. The highest BCUT2D eigenvalue weighted by molar-refractivity contribution is 6.12. The molecule has 4 N–H and O–H groups in total. The maximum Gasteiger partial charge on any atom is 0.207 e. The van der Waals surface area contributed by atoms with E-state index in [1.54, 1.807) is 0 Å². The Morgan fingerprint density at radius 1 is 1.19 bits per heavy atom. The number of nitrogens with two attached hydrogens (primary N) is 2. The lowest BCUT2D eigenvalue weighted by molar-refractivity contribution is 0.623. The van der Waals surface area contributed by atoms with Gasteiger partial charge in [-0.05, 0) is 69.5 Å². The van der Waals surface area contributed by atoms with Crippen molar-refractivity contribution in [1.29, 1.82) is 0 Å². The first-order valence-electron chi connectivity index (χ1n) is 10.7. The molecule has 3 aromatic rings. The fraction of sp³-hybridized carbons (Fsp3) is 0.269. The van der Waals surface area contributed by atoms with Gasteiger partial charge in [0.15, 0.2) is 0 Å². The second-order valence-corrected chi connectivity index (χ2v) is 8.00. The van der Waals surface area contributed by atoms with Gasteiger partial charge in [-0.3, -0.25) is 4.90 Å². The zero-order chi connectivity index (χ0) is 22.7. The van der Waals surface area contributed by atoms with E-state index in [0.717, 1.165) is 34.3 Å². The van der Waals surface area contributed by atoms with Crippen molar-refractivity contribution in [3.05, 3.63) is 83.8 Å². The number of guanidine groups is 1. The van der Waals surface area contributed by atoms with Gasteiger partial charge in [-0.25, -0.2) is 0 Å². The monoisotopic (exact) mass is 415 g/mol. The molecule has 0 aliphatic rings. The van der Waals surface area contributed by atoms with Crippen LogP contribution in [0.15, 0.2) is 72.1 Å². The summed E-state index contributed by atoms with van der Waals surface area (Å²) in [5.74, 6) is 0.454. The summed E-state index contributed by atoms with van der Waals surface area (Å²) in [7, 11) is 0. The molecule has 31 heavy (non-hydrogen) atoms. The van der Waals surface area contributed by atoms with Gasteiger partial charge in [0.05, 0.1) is 16.9 Å². The summed E-state index contributed by atoms with van der Waals surface area (Å²) in [6.45, 7) is 14.4. The van der Waals surface area contributed by atoms with E-state index in [2.05, 4.69) is 98.6 Å². The third kappa shape index (κ3) is 4.36. The number of fused-ring (bicyclic) bond motifs is 1. The van der Waals surface area contributed by atoms with Crippen LogP contribution in [0.4, 0.5) is 5.69 Å². The molecule has 1 aromatic heterocycles. The fourth-order valence-corrected chi connectivity index (χ4v) is 3.96. The van der Waals surface area contributed by atoms with E-state index in [4.69, 9.17) is 11.5 Å². The van der Waals surface area contributed by atoms with E-state index >= 15 is 0 Å². The summed E-state index contributed by atoms with van der Waals surface area (Å²) in [6, 6.07) is 15.3. The molecule has 0 fully saturated rings. The Balaban J connectivity index is 2.30. The number of benzene rings is 2. The van der Waals surface area contributed by atoms with Crippen LogP contribution >= 0.6 is 0 Å². The normalized spacial score (nSPS) is 12.6. The Morgan fingerprint density at radius 2 is 1.94 bits per heavy atom. The lowest BCUT2D eigenvalue weighted by atomic mass is 9.99. The van der Waals surface area contributed by atoms with Gasteiger partial charge in [0.2, 0.25) is 5.96 Å². The Labute approximate surface area is 185 Å². The molecule has 0 spiro atoms. The van der Waals surface area contributed by atoms with Gasteiger partial charge in [-0.2, -0.15) is 4.99 Å². The minimum atomic E-state index is 0.170. The van der Waals surface area contributed by atoms with Crippen molar-refractivity contribution in [3.8, 4) is 0 Å². The molecule has 2 aromatic carbocycles. The molecule has 0 bridgehead atoms. The Hall–Kier alpha value is -3.47. The quantitative estimate of drug-likeness (QED) is 0.400. The average molecular weight is 416 g/mol. The highest BCUT2D eigenvalue weighted by atomic mass is 15.3. The van der Waals surface area contributed by atoms with Crippen LogP contribution in [0.25, 0.3) is 16.6 Å². The molecule has 0 atom stereocenters. The van der Waals surface area contributed by atoms with Crippen LogP contribution in [0, 0.1) is 6.92 Å². The summed E-state index contributed by atoms with van der Waals surface area (Å²) in [5, 5.41) is 1.10. The third-order valence-electron chi connectivity index (χ3n) is 5.53. The van der Waals surface area contributed by atoms with E-state index in [1.165, 1.54) is 11.1 Å². The van der Waals surface area contributed by atoms with Crippen molar-refractivity contribution in [3.63, 3.8) is 0 Å². The molecule has 5 heteroatoms. The van der Waals surface area contributed by atoms with E-state index in [0.29, 0.717) is 6.04 Å². The Kier molecular flexibility index (Phi) is 6.54. The molecule has 0 saturated carbocycles. The van der Waals surface area contributed by atoms with Gasteiger partial charge in [-0.1, -0.05) is 37.8 Å². The molecule has 0 unspecified atom stereocenters. The molecular formula is C26H33N5. The molecule has 0 aliphatic carbocycles. The number of hydrogen-bond acceptors (Lipinski definition) is 2. The zero-order valence-corrected chi connectivity index (χ0v) is 19.2. The molecule has 0 radical (unpaired) electrons. The van der Waals surface area contributed by atoms with Crippen LogP contribution in [-0.4, -0.2) is 10.5 Å². The van der Waals surface area contributed by atoms with Gasteiger partial charge >= 0.3 is 0 Å². The Bertz CT molecular complexity index is 1160. The first-order valence-corrected chi connectivity index (χ1v) is 10.7. The Morgan fingerprint density at radius 3 is 2.55 bits per heavy atom. The van der Waals surface area contributed by atoms with Crippen LogP contribution < -0.4 is 16.4 Å². The van der Waals surface area contributed by atoms with E-state index < -0.39 is 0 Å². The van der Waals surface area contributed by atoms with Crippen LogP contribution in [0.5, 0.6) is 0 Å². The number of aromatic nitrogens is 1. The topological polar surface area (TPSA) is 72.6 Å². The highest BCUT2D eigenvalue weighted by Gasteiger charge is 2.22. The van der Waals surface area contributed by atoms with Crippen molar-refractivity contribution in [2.75, 3.05) is 4.90 Å². The summed E-state index contributed by atoms with van der Waals surface area (Å²) in [5.41, 5.74) is 18.9. The molecule has 1 heterocycles. The highest BCUT2D eigenvalue weighted by Crippen LogP contribution is 2.35. The predicted molar refractivity (Wildman–Crippen MR) is 134 cm³/mol. The number of hydrogen-bond donors (Lipinski definition) is 2. The minimum absolute atomic E-state index is 0.170. The lowest BCUT2D eigenvalue weighted by Gasteiger charge is -2.29. The van der Waals surface area contributed by atoms with Crippen LogP contribution in [-0.2, 0) is 6.42 Å². The molecule has 0 amide bonds. The van der Waals surface area contributed by atoms with Crippen molar-refractivity contribution < 1.29 is 0 Å². The van der Waals surface area contributed by atoms with Crippen molar-refractivity contribution >= 4 is 28.2 Å². The zero-order valence-electron chi connectivity index (χ0n) is 19.2. The first kappa shape index (κ1) is 22.2. The van der Waals surface area contributed by atoms with E-state index in [1.807, 2.05) is 11.8 Å². The molecular weight excluding hydrogens is 382 g/mol. The molecule has 5 nitrogen and oxygen atoms in total. The van der Waals surface area contributed by atoms with Crippen molar-refractivity contribution in [2.45, 2.75) is 47.1 Å². The maximum atomic E-state index is 6.53. The third-order valence-corrected chi connectivity index (χ3v) is 5.53. The van der Waals surface area contributed by atoms with Gasteiger partial charge in [-0.15, -0.1) is 0 Å². The average Bonchev–Trinajstić information content (AvgIpc) is 3.17. The smallest absolute Gasteiger partial charge is 0.207 e. The number of aliphatic imine (C=N–C) groups is 1. The number of rotatable bonds is 6. The summed E-state index contributed by atoms with van der Waals surface area (Å²) in [4.78, 5) is 6.30. The SMILES string of the molecule is C=C(N)/N=C(\N)N(/C(=C/C)c1cc(CC)ccc1C)c1cccc2c1ccn2C(C)C. The lowest BCUT2D eigenvalue weighted by Crippen LogP contribution is -2.37. The van der Waals surface area contributed by atoms with Gasteiger partial charge in [0.1, 0.15) is 5.82 Å². The minimum Gasteiger partial charge on any atom is -0.384 e. The van der Waals surface area contributed by atoms with Crippen molar-refractivity contribution in [1.82, 2.24) is 4.57 Å². The molecule has 0 aliphatic heterocycles. The second-order valence-electron chi connectivity index (χ2n) is 8.00. The fourth-order valence-electron chi connectivity index (χ4n) is 3.96. The number of nitrogens with zero attached hydrogens (tertiary/aromatic N) is 3. The standard InChI is InChI=1S/C26H33N5/c1-7-20-13-12-18(5)22(16-20)23(8-2)31(26(28)29-19(6)27)25-11-9-10-24-21(25)14-15-30(24)17(3)4/h8-17H,6-7,27H2,1-5H3,(H2,28,29)/b23-8+. The second kappa shape index (κ2) is 9.13. The van der Waals surface area contributed by atoms with Crippen molar-refractivity contribution in [2.24, 2.45) is 16.5 Å². The molecule has 0 saturated heterocycles. The first-order chi connectivity index (χ1) is 14.8. The number of allylic oxidation sites excluding steroid dienone is 1. The maximum absolute atomic E-state index is 6.53. The molecule has 162 valence electrons. The molecule has 3 rings (SSSR count). The predicted octanol–water partition coefficient (Wildman–Crippen LogP) is 5.71. The summed E-state index contributed by atoms with van der Waals surface area (Å²) in [6.07, 6.45) is 5.15. The van der Waals surface area contributed by atoms with E-state index in [-0.39, 0.29) is 11.8 Å². The number of anilines is 1. The summed E-state index contributed by atoms with van der Waals surface area (Å²) < 4.78 is 2.25. The largest absolute Gasteiger partial charge is 0.384 e. The van der Waals surface area contributed by atoms with Crippen LogP contribution in [0.2, 0.25) is 0 Å². The van der Waals surface area contributed by atoms with Crippen LogP contribution in [0.3, 0.4) is 0 Å². The van der Waals surface area contributed by atoms with Gasteiger partial charge in [0, 0.05) is 23.2 Å². The van der Waals surface area contributed by atoms with Gasteiger partial charge in [0.25, 0.3) is 0 Å². The van der Waals surface area contributed by atoms with Gasteiger partial charge < -0.3 is 16.0 Å². The van der Waals surface area contributed by atoms with E-state index in [9.17, 15) is 0 Å². The van der Waals surface area contributed by atoms with Crippen LogP contribution in [0.1, 0.15) is 50.4 Å².